The zero-order valence-corrected chi connectivity index (χ0v) is 13.5. The van der Waals surface area contributed by atoms with Crippen LogP contribution in [-0.2, 0) is 0 Å². The molecule has 4 heteroatoms. The molecule has 0 bridgehead atoms. The van der Waals surface area contributed by atoms with Crippen molar-refractivity contribution >= 4 is 21.8 Å². The summed E-state index contributed by atoms with van der Waals surface area (Å²) in [6, 6.07) is 7.64. The van der Waals surface area contributed by atoms with Crippen molar-refractivity contribution in [1.82, 2.24) is 5.32 Å². The fourth-order valence-corrected chi connectivity index (χ4v) is 3.17. The average Bonchev–Trinajstić information content (AvgIpc) is 2.48. The highest BCUT2D eigenvalue weighted by molar-refractivity contribution is 9.09. The molecule has 1 fully saturated rings. The van der Waals surface area contributed by atoms with Gasteiger partial charge in [-0.25, -0.2) is 0 Å². The first-order valence-corrected chi connectivity index (χ1v) is 8.30. The number of rotatable bonds is 5. The van der Waals surface area contributed by atoms with Gasteiger partial charge in [0, 0.05) is 16.4 Å². The number of halogens is 1. The topological polar surface area (TPSA) is 38.3 Å². The van der Waals surface area contributed by atoms with Gasteiger partial charge in [0.2, 0.25) is 0 Å². The number of alkyl halides is 1. The first-order chi connectivity index (χ1) is 9.70. The number of benzene rings is 1. The van der Waals surface area contributed by atoms with Crippen molar-refractivity contribution in [3.8, 4) is 5.75 Å². The molecule has 1 aromatic rings. The third-order valence-corrected chi connectivity index (χ3v) is 4.66. The first-order valence-electron chi connectivity index (χ1n) is 7.38. The van der Waals surface area contributed by atoms with E-state index in [9.17, 15) is 4.79 Å². The van der Waals surface area contributed by atoms with Gasteiger partial charge in [0.1, 0.15) is 5.75 Å². The molecule has 2 unspecified atom stereocenters. The van der Waals surface area contributed by atoms with Crippen LogP contribution in [0.15, 0.2) is 24.3 Å². The van der Waals surface area contributed by atoms with E-state index in [4.69, 9.17) is 4.74 Å². The lowest BCUT2D eigenvalue weighted by molar-refractivity contribution is 0.0929. The van der Waals surface area contributed by atoms with Crippen molar-refractivity contribution in [1.29, 1.82) is 0 Å². The second-order valence-electron chi connectivity index (χ2n) is 5.26. The van der Waals surface area contributed by atoms with Gasteiger partial charge in [0.05, 0.1) is 6.61 Å². The van der Waals surface area contributed by atoms with Crippen LogP contribution in [0.2, 0.25) is 0 Å². The Morgan fingerprint density at radius 1 is 1.40 bits per heavy atom. The lowest BCUT2D eigenvalue weighted by atomic mass is 9.95. The summed E-state index contributed by atoms with van der Waals surface area (Å²) in [5.74, 6) is 0.752. The first kappa shape index (κ1) is 15.4. The summed E-state index contributed by atoms with van der Waals surface area (Å²) in [5.41, 5.74) is 0.670. The SMILES string of the molecule is CCCOc1cccc(C(=O)NC2CCCCC2Br)c1. The second-order valence-corrected chi connectivity index (χ2v) is 6.43. The highest BCUT2D eigenvalue weighted by atomic mass is 79.9. The average molecular weight is 340 g/mol. The summed E-state index contributed by atoms with van der Waals surface area (Å²) in [7, 11) is 0. The Kier molecular flexibility index (Phi) is 5.89. The van der Waals surface area contributed by atoms with Crippen molar-refractivity contribution in [3.63, 3.8) is 0 Å². The summed E-state index contributed by atoms with van der Waals surface area (Å²) in [5, 5.41) is 3.13. The van der Waals surface area contributed by atoms with Crippen LogP contribution >= 0.6 is 15.9 Å². The van der Waals surface area contributed by atoms with Gasteiger partial charge in [0.15, 0.2) is 0 Å². The molecule has 1 aromatic carbocycles. The predicted octanol–water partition coefficient (Wildman–Crippen LogP) is 3.91. The smallest absolute Gasteiger partial charge is 0.251 e. The summed E-state index contributed by atoms with van der Waals surface area (Å²) in [4.78, 5) is 12.7. The number of nitrogens with one attached hydrogen (secondary N) is 1. The monoisotopic (exact) mass is 339 g/mol. The van der Waals surface area contributed by atoms with E-state index in [1.54, 1.807) is 0 Å². The van der Waals surface area contributed by atoms with Gasteiger partial charge in [0.25, 0.3) is 5.91 Å². The van der Waals surface area contributed by atoms with E-state index in [-0.39, 0.29) is 11.9 Å². The Morgan fingerprint density at radius 3 is 2.95 bits per heavy atom. The summed E-state index contributed by atoms with van der Waals surface area (Å²) < 4.78 is 5.57. The molecule has 0 aromatic heterocycles. The van der Waals surface area contributed by atoms with Gasteiger partial charge in [-0.3, -0.25) is 4.79 Å². The van der Waals surface area contributed by atoms with Gasteiger partial charge in [-0.2, -0.15) is 0 Å². The standard InChI is InChI=1S/C16H22BrNO2/c1-2-10-20-13-7-5-6-12(11-13)16(19)18-15-9-4-3-8-14(15)17/h5-7,11,14-15H,2-4,8-10H2,1H3,(H,18,19). The second kappa shape index (κ2) is 7.67. The molecule has 20 heavy (non-hydrogen) atoms. The van der Waals surface area contributed by atoms with E-state index < -0.39 is 0 Å². The molecule has 0 aliphatic heterocycles. The van der Waals surface area contributed by atoms with Crippen molar-refractivity contribution in [2.45, 2.75) is 49.9 Å². The van der Waals surface area contributed by atoms with Crippen molar-refractivity contribution in [2.24, 2.45) is 0 Å². The largest absolute Gasteiger partial charge is 0.494 e. The van der Waals surface area contributed by atoms with Crippen LogP contribution in [0.1, 0.15) is 49.4 Å². The van der Waals surface area contributed by atoms with Crippen LogP contribution in [-0.4, -0.2) is 23.4 Å². The molecule has 0 saturated heterocycles. The number of amides is 1. The Labute approximate surface area is 129 Å². The van der Waals surface area contributed by atoms with Crippen molar-refractivity contribution in [3.05, 3.63) is 29.8 Å². The van der Waals surface area contributed by atoms with Gasteiger partial charge in [-0.15, -0.1) is 0 Å². The van der Waals surface area contributed by atoms with E-state index in [2.05, 4.69) is 28.2 Å². The number of hydrogen-bond donors (Lipinski definition) is 1. The summed E-state index contributed by atoms with van der Waals surface area (Å²) in [6.45, 7) is 2.74. The molecule has 1 saturated carbocycles. The lowest BCUT2D eigenvalue weighted by Gasteiger charge is -2.28. The highest BCUT2D eigenvalue weighted by Crippen LogP contribution is 2.25. The quantitative estimate of drug-likeness (QED) is 0.826. The molecule has 1 N–H and O–H groups in total. The van der Waals surface area contributed by atoms with Gasteiger partial charge in [-0.05, 0) is 37.5 Å². The normalized spacial score (nSPS) is 22.3. The van der Waals surface area contributed by atoms with Gasteiger partial charge >= 0.3 is 0 Å². The minimum atomic E-state index is -0.0108. The number of hydrogen-bond acceptors (Lipinski definition) is 2. The van der Waals surface area contributed by atoms with E-state index in [0.29, 0.717) is 17.0 Å². The molecule has 0 spiro atoms. The fourth-order valence-electron chi connectivity index (χ4n) is 2.45. The highest BCUT2D eigenvalue weighted by Gasteiger charge is 2.24. The molecule has 2 atom stereocenters. The molecule has 0 heterocycles. The Morgan fingerprint density at radius 2 is 2.20 bits per heavy atom. The van der Waals surface area contributed by atoms with E-state index in [1.165, 1.54) is 12.8 Å². The van der Waals surface area contributed by atoms with Crippen LogP contribution in [0, 0.1) is 0 Å². The molecule has 110 valence electrons. The van der Waals surface area contributed by atoms with Crippen LogP contribution in [0.5, 0.6) is 5.75 Å². The van der Waals surface area contributed by atoms with E-state index in [0.717, 1.165) is 25.0 Å². The third kappa shape index (κ3) is 4.23. The maximum absolute atomic E-state index is 12.3. The lowest BCUT2D eigenvalue weighted by Crippen LogP contribution is -2.42. The minimum absolute atomic E-state index is 0.0108. The van der Waals surface area contributed by atoms with Crippen molar-refractivity contribution in [2.75, 3.05) is 6.61 Å². The predicted molar refractivity (Wildman–Crippen MR) is 84.7 cm³/mol. The number of ether oxygens (including phenoxy) is 1. The molecule has 1 amide bonds. The molecule has 1 aliphatic rings. The van der Waals surface area contributed by atoms with E-state index in [1.807, 2.05) is 24.3 Å². The third-order valence-electron chi connectivity index (χ3n) is 3.57. The Hall–Kier alpha value is -1.03. The van der Waals surface area contributed by atoms with E-state index >= 15 is 0 Å². The number of carbonyl (C=O) groups excluding carboxylic acids is 1. The Bertz CT molecular complexity index is 450. The molecule has 0 radical (unpaired) electrons. The molecule has 2 rings (SSSR count). The van der Waals surface area contributed by atoms with Crippen LogP contribution < -0.4 is 10.1 Å². The van der Waals surface area contributed by atoms with Gasteiger partial charge < -0.3 is 10.1 Å². The molecular formula is C16H22BrNO2. The summed E-state index contributed by atoms with van der Waals surface area (Å²) in [6.07, 6.45) is 5.57. The van der Waals surface area contributed by atoms with Crippen LogP contribution in [0.4, 0.5) is 0 Å². The Balaban J connectivity index is 1.97. The van der Waals surface area contributed by atoms with Crippen molar-refractivity contribution < 1.29 is 9.53 Å². The zero-order chi connectivity index (χ0) is 14.4. The summed E-state index contributed by atoms with van der Waals surface area (Å²) >= 11 is 3.67. The molecule has 3 nitrogen and oxygen atoms in total. The minimum Gasteiger partial charge on any atom is -0.494 e. The zero-order valence-electron chi connectivity index (χ0n) is 11.9. The van der Waals surface area contributed by atoms with Gasteiger partial charge in [-0.1, -0.05) is 41.8 Å². The van der Waals surface area contributed by atoms with Crippen LogP contribution in [0.25, 0.3) is 0 Å². The van der Waals surface area contributed by atoms with Crippen LogP contribution in [0.3, 0.4) is 0 Å². The maximum atomic E-state index is 12.3. The maximum Gasteiger partial charge on any atom is 0.251 e. The number of carbonyl (C=O) groups is 1. The molecular weight excluding hydrogens is 318 g/mol. The fraction of sp³-hybridized carbons (Fsp3) is 0.562. The molecule has 1 aliphatic carbocycles.